The van der Waals surface area contributed by atoms with Gasteiger partial charge in [0.25, 0.3) is 0 Å². The fraction of sp³-hybridized carbons (Fsp3) is 0.333. The number of hydrogen-bond acceptors (Lipinski definition) is 4. The molecule has 0 bridgehead atoms. The Morgan fingerprint density at radius 3 is 2.53 bits per heavy atom. The van der Waals surface area contributed by atoms with E-state index in [4.69, 9.17) is 14.5 Å². The summed E-state index contributed by atoms with van der Waals surface area (Å²) in [5.74, 6) is 2.85. The minimum Gasteiger partial charge on any atom is -0.497 e. The number of unbranched alkanes of at least 4 members (excludes halogenated alkanes) is 1. The second-order valence-corrected chi connectivity index (χ2v) is 9.60. The van der Waals surface area contributed by atoms with E-state index in [2.05, 4.69) is 54.8 Å². The number of nitrogens with zero attached hydrogens (tertiary/aromatic N) is 3. The van der Waals surface area contributed by atoms with Crippen molar-refractivity contribution < 1.29 is 14.3 Å². The first-order valence-electron chi connectivity index (χ1n) is 12.6. The predicted octanol–water partition coefficient (Wildman–Crippen LogP) is 6.04. The normalized spacial score (nSPS) is 15.6. The van der Waals surface area contributed by atoms with Gasteiger partial charge in [-0.2, -0.15) is 0 Å². The Hall–Kier alpha value is -3.80. The average molecular weight is 484 g/mol. The number of aromatic nitrogens is 2. The van der Waals surface area contributed by atoms with E-state index in [0.717, 1.165) is 53.4 Å². The maximum absolute atomic E-state index is 13.1. The lowest BCUT2D eigenvalue weighted by atomic mass is 10.1. The fourth-order valence-corrected chi connectivity index (χ4v) is 5.13. The zero-order valence-electron chi connectivity index (χ0n) is 21.2. The smallest absolute Gasteiger partial charge is 0.227 e. The van der Waals surface area contributed by atoms with Crippen molar-refractivity contribution in [2.45, 2.75) is 45.6 Å². The van der Waals surface area contributed by atoms with Crippen molar-refractivity contribution in [3.8, 4) is 11.5 Å². The number of rotatable bonds is 9. The standard InChI is InChI=1S/C30H33N3O3/c1-21-15-22(2)17-24(16-21)33-20-23(18-29(33)34)30-31-27-11-4-5-12-28(27)32(30)13-6-7-14-36-26-10-8-9-25(19-26)35-3/h4-5,8-12,15-17,19,23H,6-7,13-14,18,20H2,1-3H3. The van der Waals surface area contributed by atoms with Gasteiger partial charge in [-0.05, 0) is 74.2 Å². The van der Waals surface area contributed by atoms with Gasteiger partial charge in [-0.25, -0.2) is 4.98 Å². The fourth-order valence-electron chi connectivity index (χ4n) is 5.13. The van der Waals surface area contributed by atoms with E-state index < -0.39 is 0 Å². The Kier molecular flexibility index (Phi) is 6.94. The summed E-state index contributed by atoms with van der Waals surface area (Å²) in [6.45, 7) is 6.28. The lowest BCUT2D eigenvalue weighted by Gasteiger charge is -2.19. The molecule has 0 spiro atoms. The average Bonchev–Trinajstić information content (AvgIpc) is 3.44. The van der Waals surface area contributed by atoms with Gasteiger partial charge in [-0.3, -0.25) is 4.79 Å². The molecule has 6 heteroatoms. The number of hydrogen-bond donors (Lipinski definition) is 0. The highest BCUT2D eigenvalue weighted by atomic mass is 16.5. The van der Waals surface area contributed by atoms with Gasteiger partial charge >= 0.3 is 0 Å². The number of methoxy groups -OCH3 is 1. The Morgan fingerprint density at radius 1 is 0.944 bits per heavy atom. The van der Waals surface area contributed by atoms with Crippen LogP contribution in [-0.2, 0) is 11.3 Å². The lowest BCUT2D eigenvalue weighted by Crippen LogP contribution is -2.24. The van der Waals surface area contributed by atoms with Crippen LogP contribution >= 0.6 is 0 Å². The van der Waals surface area contributed by atoms with Crippen molar-refractivity contribution in [1.29, 1.82) is 0 Å². The molecule has 1 amide bonds. The van der Waals surface area contributed by atoms with Crippen molar-refractivity contribution >= 4 is 22.6 Å². The zero-order valence-corrected chi connectivity index (χ0v) is 21.2. The maximum atomic E-state index is 13.1. The van der Waals surface area contributed by atoms with Gasteiger partial charge in [0.2, 0.25) is 5.91 Å². The minimum absolute atomic E-state index is 0.0683. The third-order valence-electron chi connectivity index (χ3n) is 6.78. The molecule has 0 saturated carbocycles. The van der Waals surface area contributed by atoms with Crippen molar-refractivity contribution in [3.63, 3.8) is 0 Å². The van der Waals surface area contributed by atoms with Gasteiger partial charge in [-0.1, -0.05) is 24.3 Å². The molecule has 1 atom stereocenters. The number of carbonyl (C=O) groups is 1. The topological polar surface area (TPSA) is 56.6 Å². The summed E-state index contributed by atoms with van der Waals surface area (Å²) < 4.78 is 13.5. The molecule has 186 valence electrons. The predicted molar refractivity (Wildman–Crippen MR) is 143 cm³/mol. The van der Waals surface area contributed by atoms with Gasteiger partial charge in [0.1, 0.15) is 17.3 Å². The van der Waals surface area contributed by atoms with E-state index in [-0.39, 0.29) is 11.8 Å². The number of para-hydroxylation sites is 2. The number of anilines is 1. The molecular formula is C30H33N3O3. The first kappa shape index (κ1) is 23.9. The number of imidazole rings is 1. The Balaban J connectivity index is 1.29. The van der Waals surface area contributed by atoms with E-state index in [0.29, 0.717) is 19.6 Å². The molecule has 1 aliphatic heterocycles. The van der Waals surface area contributed by atoms with Crippen LogP contribution in [0, 0.1) is 13.8 Å². The number of benzene rings is 3. The Bertz CT molecular complexity index is 1360. The van der Waals surface area contributed by atoms with E-state index in [1.807, 2.05) is 35.2 Å². The Morgan fingerprint density at radius 2 is 1.72 bits per heavy atom. The summed E-state index contributed by atoms with van der Waals surface area (Å²) in [6.07, 6.45) is 2.36. The molecule has 1 aliphatic rings. The first-order valence-corrected chi connectivity index (χ1v) is 12.6. The van der Waals surface area contributed by atoms with Crippen LogP contribution in [0.3, 0.4) is 0 Å². The molecular weight excluding hydrogens is 450 g/mol. The van der Waals surface area contributed by atoms with Gasteiger partial charge < -0.3 is 18.9 Å². The molecule has 1 saturated heterocycles. The highest BCUT2D eigenvalue weighted by molar-refractivity contribution is 5.96. The number of ether oxygens (including phenoxy) is 2. The molecule has 4 aromatic rings. The highest BCUT2D eigenvalue weighted by Gasteiger charge is 2.35. The molecule has 0 radical (unpaired) electrons. The molecule has 36 heavy (non-hydrogen) atoms. The minimum atomic E-state index is 0.0683. The van der Waals surface area contributed by atoms with Gasteiger partial charge in [-0.15, -0.1) is 0 Å². The van der Waals surface area contributed by atoms with Crippen LogP contribution in [-0.4, -0.2) is 35.7 Å². The quantitative estimate of drug-likeness (QED) is 0.272. The summed E-state index contributed by atoms with van der Waals surface area (Å²) in [4.78, 5) is 20.0. The summed E-state index contributed by atoms with van der Waals surface area (Å²) >= 11 is 0. The molecule has 3 aromatic carbocycles. The van der Waals surface area contributed by atoms with Crippen molar-refractivity contribution in [1.82, 2.24) is 9.55 Å². The maximum Gasteiger partial charge on any atom is 0.227 e. The number of fused-ring (bicyclic) bond motifs is 1. The van der Waals surface area contributed by atoms with Crippen LogP contribution < -0.4 is 14.4 Å². The number of carbonyl (C=O) groups excluding carboxylic acids is 1. The molecule has 2 heterocycles. The number of aryl methyl sites for hydroxylation is 3. The molecule has 0 N–H and O–H groups in total. The molecule has 1 fully saturated rings. The van der Waals surface area contributed by atoms with Crippen LogP contribution in [0.2, 0.25) is 0 Å². The third-order valence-corrected chi connectivity index (χ3v) is 6.78. The van der Waals surface area contributed by atoms with Crippen LogP contribution in [0.4, 0.5) is 5.69 Å². The molecule has 1 aromatic heterocycles. The largest absolute Gasteiger partial charge is 0.497 e. The monoisotopic (exact) mass is 483 g/mol. The van der Waals surface area contributed by atoms with Crippen LogP contribution in [0.25, 0.3) is 11.0 Å². The van der Waals surface area contributed by atoms with Gasteiger partial charge in [0.05, 0.1) is 24.8 Å². The van der Waals surface area contributed by atoms with E-state index >= 15 is 0 Å². The third kappa shape index (κ3) is 5.08. The van der Waals surface area contributed by atoms with Crippen LogP contribution in [0.15, 0.2) is 66.7 Å². The lowest BCUT2D eigenvalue weighted by molar-refractivity contribution is -0.117. The highest BCUT2D eigenvalue weighted by Crippen LogP contribution is 2.34. The summed E-state index contributed by atoms with van der Waals surface area (Å²) in [5.41, 5.74) is 5.43. The summed E-state index contributed by atoms with van der Waals surface area (Å²) in [5, 5.41) is 0. The molecule has 0 aliphatic carbocycles. The van der Waals surface area contributed by atoms with Crippen LogP contribution in [0.1, 0.15) is 42.1 Å². The Labute approximate surface area is 212 Å². The van der Waals surface area contributed by atoms with E-state index in [9.17, 15) is 4.79 Å². The second-order valence-electron chi connectivity index (χ2n) is 9.60. The zero-order chi connectivity index (χ0) is 25.1. The molecule has 5 rings (SSSR count). The van der Waals surface area contributed by atoms with Gasteiger partial charge in [0, 0.05) is 37.2 Å². The van der Waals surface area contributed by atoms with Crippen molar-refractivity contribution in [2.24, 2.45) is 0 Å². The second kappa shape index (κ2) is 10.4. The summed E-state index contributed by atoms with van der Waals surface area (Å²) in [7, 11) is 1.66. The molecule has 1 unspecified atom stereocenters. The first-order chi connectivity index (χ1) is 17.5. The molecule has 6 nitrogen and oxygen atoms in total. The van der Waals surface area contributed by atoms with E-state index in [1.165, 1.54) is 11.1 Å². The van der Waals surface area contributed by atoms with Crippen molar-refractivity contribution in [3.05, 3.63) is 83.7 Å². The van der Waals surface area contributed by atoms with Gasteiger partial charge in [0.15, 0.2) is 0 Å². The summed E-state index contributed by atoms with van der Waals surface area (Å²) in [6, 6.07) is 22.3. The van der Waals surface area contributed by atoms with Crippen LogP contribution in [0.5, 0.6) is 11.5 Å². The van der Waals surface area contributed by atoms with Crippen molar-refractivity contribution in [2.75, 3.05) is 25.2 Å². The SMILES string of the molecule is COc1cccc(OCCCCn2c(C3CC(=O)N(c4cc(C)cc(C)c4)C3)nc3ccccc32)c1. The van der Waals surface area contributed by atoms with E-state index in [1.54, 1.807) is 7.11 Å². The number of amides is 1.